The van der Waals surface area contributed by atoms with Gasteiger partial charge in [0, 0.05) is 0 Å². The van der Waals surface area contributed by atoms with Crippen molar-refractivity contribution in [3.05, 3.63) is 29.3 Å². The molecule has 0 amide bonds. The van der Waals surface area contributed by atoms with Crippen molar-refractivity contribution in [3.8, 4) is 6.07 Å². The van der Waals surface area contributed by atoms with Crippen LogP contribution in [-0.2, 0) is 0 Å². The van der Waals surface area contributed by atoms with Crippen molar-refractivity contribution in [2.45, 2.75) is 6.82 Å². The van der Waals surface area contributed by atoms with Gasteiger partial charge in [0.2, 0.25) is 0 Å². The maximum absolute atomic E-state index is 10.6. The molecule has 3 nitrogen and oxygen atoms in total. The van der Waals surface area contributed by atoms with Crippen LogP contribution in [0.15, 0.2) is 18.2 Å². The molecule has 0 saturated heterocycles. The van der Waals surface area contributed by atoms with Crippen molar-refractivity contribution in [1.29, 1.82) is 5.26 Å². The van der Waals surface area contributed by atoms with Gasteiger partial charge in [-0.3, -0.25) is 0 Å². The Labute approximate surface area is 76.9 Å². The van der Waals surface area contributed by atoms with E-state index in [1.54, 1.807) is 20.2 Å². The van der Waals surface area contributed by atoms with Crippen LogP contribution in [0.5, 0.6) is 0 Å². The Kier molecular flexibility index (Phi) is 2.71. The summed E-state index contributed by atoms with van der Waals surface area (Å²) in [5, 5.41) is 17.3. The summed E-state index contributed by atoms with van der Waals surface area (Å²) in [5.74, 6) is -1.01. The molecule has 1 aromatic rings. The van der Waals surface area contributed by atoms with Crippen molar-refractivity contribution in [2.24, 2.45) is 0 Å². The molecule has 1 aromatic carbocycles. The predicted octanol–water partition coefficient (Wildman–Crippen LogP) is 0.634. The molecular formula is C9H7BNO2. The van der Waals surface area contributed by atoms with Crippen molar-refractivity contribution in [1.82, 2.24) is 0 Å². The third kappa shape index (κ3) is 2.09. The minimum absolute atomic E-state index is 0.146. The van der Waals surface area contributed by atoms with Gasteiger partial charge in [0.25, 0.3) is 0 Å². The van der Waals surface area contributed by atoms with Gasteiger partial charge in [-0.25, -0.2) is 4.79 Å². The largest absolute Gasteiger partial charge is 0.478 e. The number of carboxylic acid groups (broad SMARTS) is 1. The predicted molar refractivity (Wildman–Crippen MR) is 49.4 cm³/mol. The summed E-state index contributed by atoms with van der Waals surface area (Å²) >= 11 is 0. The van der Waals surface area contributed by atoms with Gasteiger partial charge in [-0.05, 0) is 6.07 Å². The van der Waals surface area contributed by atoms with Crippen LogP contribution in [0.1, 0.15) is 15.9 Å². The Hall–Kier alpha value is -1.76. The number of nitrogens with zero attached hydrogens (tertiary/aromatic N) is 1. The zero-order chi connectivity index (χ0) is 9.84. The van der Waals surface area contributed by atoms with Gasteiger partial charge >= 0.3 is 5.97 Å². The van der Waals surface area contributed by atoms with Crippen LogP contribution in [0.4, 0.5) is 0 Å². The fourth-order valence-electron chi connectivity index (χ4n) is 1.01. The van der Waals surface area contributed by atoms with Gasteiger partial charge in [-0.1, -0.05) is 24.4 Å². The minimum atomic E-state index is -1.01. The van der Waals surface area contributed by atoms with Crippen LogP contribution in [0.2, 0.25) is 6.82 Å². The van der Waals surface area contributed by atoms with Gasteiger partial charge in [0.1, 0.15) is 7.28 Å². The lowest BCUT2D eigenvalue weighted by molar-refractivity contribution is 0.0697. The molecule has 0 heterocycles. The maximum Gasteiger partial charge on any atom is 0.335 e. The van der Waals surface area contributed by atoms with E-state index >= 15 is 0 Å². The average Bonchev–Trinajstić information content (AvgIpc) is 2.16. The lowest BCUT2D eigenvalue weighted by Crippen LogP contribution is -2.13. The smallest absolute Gasteiger partial charge is 0.335 e. The summed E-state index contributed by atoms with van der Waals surface area (Å²) in [7, 11) is 1.76. The van der Waals surface area contributed by atoms with Crippen molar-refractivity contribution >= 4 is 18.7 Å². The zero-order valence-electron chi connectivity index (χ0n) is 7.11. The summed E-state index contributed by atoms with van der Waals surface area (Å²) in [6.07, 6.45) is 0. The molecule has 1 rings (SSSR count). The van der Waals surface area contributed by atoms with Crippen LogP contribution >= 0.6 is 0 Å². The summed E-state index contributed by atoms with van der Waals surface area (Å²) in [5.41, 5.74) is 1.26. The number of hydrogen-bond donors (Lipinski definition) is 1. The number of carboxylic acids is 1. The van der Waals surface area contributed by atoms with Crippen LogP contribution < -0.4 is 5.46 Å². The molecule has 4 heteroatoms. The molecular weight excluding hydrogens is 165 g/mol. The van der Waals surface area contributed by atoms with E-state index in [2.05, 4.69) is 0 Å². The molecule has 1 N–H and O–H groups in total. The van der Waals surface area contributed by atoms with E-state index in [1.807, 2.05) is 6.07 Å². The van der Waals surface area contributed by atoms with Gasteiger partial charge in [-0.2, -0.15) is 5.26 Å². The van der Waals surface area contributed by atoms with Gasteiger partial charge in [0.15, 0.2) is 0 Å². The van der Waals surface area contributed by atoms with Crippen molar-refractivity contribution in [2.75, 3.05) is 0 Å². The minimum Gasteiger partial charge on any atom is -0.478 e. The molecule has 1 radical (unpaired) electrons. The highest BCUT2D eigenvalue weighted by Gasteiger charge is 2.05. The van der Waals surface area contributed by atoms with Crippen molar-refractivity contribution in [3.63, 3.8) is 0 Å². The topological polar surface area (TPSA) is 61.1 Å². The SMILES string of the molecule is C[B]c1cc(C#N)cc(C(=O)O)c1. The summed E-state index contributed by atoms with van der Waals surface area (Å²) in [6, 6.07) is 6.45. The second-order valence-electron chi connectivity index (χ2n) is 2.55. The fraction of sp³-hybridized carbons (Fsp3) is 0.111. The van der Waals surface area contributed by atoms with Crippen molar-refractivity contribution < 1.29 is 9.90 Å². The highest BCUT2D eigenvalue weighted by Crippen LogP contribution is 2.01. The standard InChI is InChI=1S/C9H7BNO2/c1-10-8-3-6(5-11)2-7(4-8)9(12)13/h2-4H,1H3,(H,12,13). The fourth-order valence-corrected chi connectivity index (χ4v) is 1.01. The Morgan fingerprint density at radius 2 is 2.23 bits per heavy atom. The Bertz CT molecular complexity index is 382. The Balaban J connectivity index is 3.24. The third-order valence-electron chi connectivity index (χ3n) is 1.66. The highest BCUT2D eigenvalue weighted by atomic mass is 16.4. The van der Waals surface area contributed by atoms with E-state index in [1.165, 1.54) is 12.1 Å². The molecule has 0 aliphatic heterocycles. The lowest BCUT2D eigenvalue weighted by Gasteiger charge is -1.99. The van der Waals surface area contributed by atoms with Gasteiger partial charge in [-0.15, -0.1) is 0 Å². The second kappa shape index (κ2) is 3.77. The average molecular weight is 172 g/mol. The van der Waals surface area contributed by atoms with Crippen LogP contribution in [0.25, 0.3) is 0 Å². The van der Waals surface area contributed by atoms with E-state index in [4.69, 9.17) is 10.4 Å². The molecule has 0 saturated carbocycles. The first-order chi connectivity index (χ1) is 6.17. The number of hydrogen-bond acceptors (Lipinski definition) is 2. The van der Waals surface area contributed by atoms with E-state index in [-0.39, 0.29) is 5.56 Å². The van der Waals surface area contributed by atoms with Crippen LogP contribution in [-0.4, -0.2) is 18.4 Å². The quantitative estimate of drug-likeness (QED) is 0.665. The molecule has 63 valence electrons. The Morgan fingerprint density at radius 3 is 2.69 bits per heavy atom. The monoisotopic (exact) mass is 172 g/mol. The molecule has 0 spiro atoms. The molecule has 0 bridgehead atoms. The highest BCUT2D eigenvalue weighted by molar-refractivity contribution is 6.52. The van der Waals surface area contributed by atoms with E-state index in [0.717, 1.165) is 5.46 Å². The number of benzene rings is 1. The summed E-state index contributed by atoms with van der Waals surface area (Å²) in [6.45, 7) is 1.79. The third-order valence-corrected chi connectivity index (χ3v) is 1.66. The van der Waals surface area contributed by atoms with Crippen LogP contribution in [0.3, 0.4) is 0 Å². The second-order valence-corrected chi connectivity index (χ2v) is 2.55. The number of rotatable bonds is 2. The molecule has 0 aromatic heterocycles. The molecule has 0 fully saturated rings. The van der Waals surface area contributed by atoms with E-state index in [0.29, 0.717) is 5.56 Å². The molecule has 0 atom stereocenters. The first-order valence-corrected chi connectivity index (χ1v) is 3.75. The van der Waals surface area contributed by atoms with Crippen LogP contribution in [0, 0.1) is 11.3 Å². The molecule has 0 aliphatic rings. The summed E-state index contributed by atoms with van der Waals surface area (Å²) in [4.78, 5) is 10.6. The maximum atomic E-state index is 10.6. The number of aromatic carboxylic acids is 1. The lowest BCUT2D eigenvalue weighted by atomic mass is 9.72. The summed E-state index contributed by atoms with van der Waals surface area (Å²) < 4.78 is 0. The normalized spacial score (nSPS) is 8.92. The Morgan fingerprint density at radius 1 is 1.54 bits per heavy atom. The molecule has 0 unspecified atom stereocenters. The first-order valence-electron chi connectivity index (χ1n) is 3.75. The van der Waals surface area contributed by atoms with E-state index in [9.17, 15) is 4.79 Å². The van der Waals surface area contributed by atoms with Gasteiger partial charge in [0.05, 0.1) is 17.2 Å². The number of nitriles is 1. The molecule has 13 heavy (non-hydrogen) atoms. The first kappa shape index (κ1) is 9.33. The molecule has 0 aliphatic carbocycles. The number of carbonyl (C=O) groups is 1. The zero-order valence-corrected chi connectivity index (χ0v) is 7.11. The van der Waals surface area contributed by atoms with E-state index < -0.39 is 5.97 Å². The van der Waals surface area contributed by atoms with Gasteiger partial charge < -0.3 is 5.11 Å².